The topological polar surface area (TPSA) is 61.8 Å². The molecule has 0 aromatic rings. The number of carbonyl (C=O) groups is 2. The Labute approximate surface area is 436 Å². The van der Waals surface area contributed by atoms with Crippen molar-refractivity contribution >= 4 is 11.9 Å². The fourth-order valence-corrected chi connectivity index (χ4v) is 8.86. The number of hydrogen-bond acceptors (Lipinski definition) is 5. The molecule has 0 aromatic carbocycles. The second-order valence-corrected chi connectivity index (χ2v) is 20.6. The van der Waals surface area contributed by atoms with Crippen LogP contribution >= 0.6 is 0 Å². The molecule has 0 aliphatic rings. The number of ether oxygens (including phenoxy) is 3. The Morgan fingerprint density at radius 1 is 0.314 bits per heavy atom. The predicted molar refractivity (Wildman–Crippen MR) is 307 cm³/mol. The van der Waals surface area contributed by atoms with E-state index in [0.29, 0.717) is 19.4 Å². The highest BCUT2D eigenvalue weighted by Gasteiger charge is 2.17. The lowest BCUT2D eigenvalue weighted by Crippen LogP contribution is -2.30. The van der Waals surface area contributed by atoms with Crippen LogP contribution in [0.2, 0.25) is 0 Å². The highest BCUT2D eigenvalue weighted by molar-refractivity contribution is 5.70. The highest BCUT2D eigenvalue weighted by atomic mass is 16.6. The first-order valence-electron chi connectivity index (χ1n) is 30.8. The summed E-state index contributed by atoms with van der Waals surface area (Å²) < 4.78 is 17.5. The average molecular weight is 980 g/mol. The number of rotatable bonds is 57. The van der Waals surface area contributed by atoms with Gasteiger partial charge >= 0.3 is 11.9 Å². The second kappa shape index (κ2) is 60.9. The van der Waals surface area contributed by atoms with E-state index in [2.05, 4.69) is 81.5 Å². The molecule has 70 heavy (non-hydrogen) atoms. The van der Waals surface area contributed by atoms with Crippen LogP contribution in [-0.4, -0.2) is 37.9 Å². The van der Waals surface area contributed by atoms with Crippen LogP contribution in [0.15, 0.2) is 60.8 Å². The van der Waals surface area contributed by atoms with Gasteiger partial charge in [-0.25, -0.2) is 0 Å². The Morgan fingerprint density at radius 2 is 0.600 bits per heavy atom. The van der Waals surface area contributed by atoms with E-state index in [1.807, 2.05) is 0 Å². The molecule has 0 aliphatic carbocycles. The molecule has 1 unspecified atom stereocenters. The van der Waals surface area contributed by atoms with Crippen molar-refractivity contribution in [2.75, 3.05) is 19.8 Å². The third kappa shape index (κ3) is 58.2. The smallest absolute Gasteiger partial charge is 0.306 e. The van der Waals surface area contributed by atoms with Crippen LogP contribution in [-0.2, 0) is 23.8 Å². The summed E-state index contributed by atoms with van der Waals surface area (Å²) in [5.74, 6) is -0.404. The molecule has 0 saturated heterocycles. The lowest BCUT2D eigenvalue weighted by molar-refractivity contribution is -0.163. The molecule has 0 saturated carbocycles. The van der Waals surface area contributed by atoms with E-state index in [4.69, 9.17) is 14.2 Å². The SMILES string of the molecule is CCCCC/C=C\C/C=C\CCCCCCCCCCCCOCC(COC(=O)CCCCCCCCCCC/C=C\CCCCCCCC)OC(=O)CCCCCCC/C=C\C/C=C\CCCCC. The second-order valence-electron chi connectivity index (χ2n) is 20.6. The standard InChI is InChI=1S/C65H118O5/c1-4-7-10-13-16-19-22-25-28-30-32-34-36-39-42-45-48-51-54-57-60-68-61-63(70-65(67)59-56-53-50-47-44-41-37-27-24-21-18-15-12-9-6-3)62-69-64(66)58-55-52-49-46-43-40-38-35-33-31-29-26-23-20-17-14-11-8-5-2/h16,18-19,21,25-29,37,63H,4-15,17,20,22-24,30-36,38-62H2,1-3H3/b19-16-,21-18-,28-25-,29-26-,37-27-. The van der Waals surface area contributed by atoms with Gasteiger partial charge < -0.3 is 14.2 Å². The third-order valence-electron chi connectivity index (χ3n) is 13.5. The van der Waals surface area contributed by atoms with Crippen LogP contribution in [0.3, 0.4) is 0 Å². The van der Waals surface area contributed by atoms with Crippen LogP contribution in [0, 0.1) is 0 Å². The monoisotopic (exact) mass is 979 g/mol. The quantitative estimate of drug-likeness (QED) is 0.0345. The molecule has 0 amide bonds. The lowest BCUT2D eigenvalue weighted by Gasteiger charge is -2.18. The fourth-order valence-electron chi connectivity index (χ4n) is 8.86. The molecule has 0 N–H and O–H groups in total. The first kappa shape index (κ1) is 67.6. The first-order valence-corrected chi connectivity index (χ1v) is 30.8. The number of carbonyl (C=O) groups excluding carboxylic acids is 2. The zero-order valence-corrected chi connectivity index (χ0v) is 47.0. The average Bonchev–Trinajstić information content (AvgIpc) is 3.36. The van der Waals surface area contributed by atoms with Gasteiger partial charge in [0, 0.05) is 19.4 Å². The molecule has 0 radical (unpaired) electrons. The molecule has 0 rings (SSSR count). The predicted octanol–water partition coefficient (Wildman–Crippen LogP) is 21.2. The molecule has 5 nitrogen and oxygen atoms in total. The van der Waals surface area contributed by atoms with Crippen LogP contribution in [0.5, 0.6) is 0 Å². The summed E-state index contributed by atoms with van der Waals surface area (Å²) in [6.45, 7) is 7.80. The van der Waals surface area contributed by atoms with Gasteiger partial charge in [0.05, 0.1) is 6.61 Å². The van der Waals surface area contributed by atoms with Gasteiger partial charge in [-0.1, -0.05) is 255 Å². The van der Waals surface area contributed by atoms with Gasteiger partial charge in [-0.3, -0.25) is 9.59 Å². The summed E-state index contributed by atoms with van der Waals surface area (Å²) in [5, 5.41) is 0. The molecule has 0 fully saturated rings. The van der Waals surface area contributed by atoms with Gasteiger partial charge in [-0.05, 0) is 109 Å². The first-order chi connectivity index (χ1) is 34.6. The third-order valence-corrected chi connectivity index (χ3v) is 13.5. The molecule has 0 heterocycles. The minimum absolute atomic E-state index is 0.0786. The molecule has 1 atom stereocenters. The largest absolute Gasteiger partial charge is 0.462 e. The Hall–Kier alpha value is -2.40. The summed E-state index contributed by atoms with van der Waals surface area (Å²) in [6, 6.07) is 0. The number of allylic oxidation sites excluding steroid dienone is 10. The van der Waals surface area contributed by atoms with Crippen molar-refractivity contribution in [2.45, 2.75) is 322 Å². The van der Waals surface area contributed by atoms with Crippen molar-refractivity contribution in [1.29, 1.82) is 0 Å². The Balaban J connectivity index is 4.26. The van der Waals surface area contributed by atoms with E-state index in [0.717, 1.165) is 64.2 Å². The molecule has 408 valence electrons. The number of unbranched alkanes of at least 4 members (excludes halogenated alkanes) is 36. The normalized spacial score (nSPS) is 12.6. The van der Waals surface area contributed by atoms with E-state index in [1.54, 1.807) is 0 Å². The number of hydrogen-bond donors (Lipinski definition) is 0. The van der Waals surface area contributed by atoms with Crippen molar-refractivity contribution < 1.29 is 23.8 Å². The van der Waals surface area contributed by atoms with Crippen molar-refractivity contribution in [3.8, 4) is 0 Å². The van der Waals surface area contributed by atoms with Crippen molar-refractivity contribution in [3.63, 3.8) is 0 Å². The summed E-state index contributed by atoms with van der Waals surface area (Å²) >= 11 is 0. The number of esters is 2. The maximum atomic E-state index is 12.9. The van der Waals surface area contributed by atoms with Gasteiger partial charge in [0.1, 0.15) is 6.61 Å². The zero-order valence-electron chi connectivity index (χ0n) is 47.0. The molecule has 0 aromatic heterocycles. The molecule has 5 heteroatoms. The Morgan fingerprint density at radius 3 is 0.986 bits per heavy atom. The van der Waals surface area contributed by atoms with Gasteiger partial charge in [0.25, 0.3) is 0 Å². The van der Waals surface area contributed by atoms with Gasteiger partial charge in [0.2, 0.25) is 0 Å². The minimum Gasteiger partial charge on any atom is -0.462 e. The van der Waals surface area contributed by atoms with Crippen molar-refractivity contribution in [3.05, 3.63) is 60.8 Å². The highest BCUT2D eigenvalue weighted by Crippen LogP contribution is 2.16. The Kier molecular flexibility index (Phi) is 58.8. The molecule has 0 bridgehead atoms. The summed E-state index contributed by atoms with van der Waals surface area (Å²) in [5.41, 5.74) is 0. The Bertz CT molecular complexity index is 1200. The minimum atomic E-state index is -0.547. The molecular formula is C65H118O5. The zero-order chi connectivity index (χ0) is 50.6. The van der Waals surface area contributed by atoms with Crippen LogP contribution in [0.25, 0.3) is 0 Å². The van der Waals surface area contributed by atoms with Gasteiger partial charge in [-0.15, -0.1) is 0 Å². The molecule has 0 aliphatic heterocycles. The van der Waals surface area contributed by atoms with Crippen molar-refractivity contribution in [2.24, 2.45) is 0 Å². The summed E-state index contributed by atoms with van der Waals surface area (Å²) in [6.07, 6.45) is 78.2. The van der Waals surface area contributed by atoms with Crippen LogP contribution < -0.4 is 0 Å². The summed E-state index contributed by atoms with van der Waals surface area (Å²) in [7, 11) is 0. The summed E-state index contributed by atoms with van der Waals surface area (Å²) in [4.78, 5) is 25.6. The fraction of sp³-hybridized carbons (Fsp3) is 0.815. The van der Waals surface area contributed by atoms with Gasteiger partial charge in [-0.2, -0.15) is 0 Å². The van der Waals surface area contributed by atoms with E-state index >= 15 is 0 Å². The van der Waals surface area contributed by atoms with E-state index in [9.17, 15) is 9.59 Å². The maximum absolute atomic E-state index is 12.9. The lowest BCUT2D eigenvalue weighted by atomic mass is 10.1. The van der Waals surface area contributed by atoms with Gasteiger partial charge in [0.15, 0.2) is 6.10 Å². The van der Waals surface area contributed by atoms with E-state index in [-0.39, 0.29) is 25.2 Å². The maximum Gasteiger partial charge on any atom is 0.306 e. The van der Waals surface area contributed by atoms with Crippen LogP contribution in [0.1, 0.15) is 316 Å². The molecule has 0 spiro atoms. The van der Waals surface area contributed by atoms with Crippen molar-refractivity contribution in [1.82, 2.24) is 0 Å². The molecular weight excluding hydrogens is 861 g/mol. The van der Waals surface area contributed by atoms with E-state index in [1.165, 1.54) is 218 Å². The van der Waals surface area contributed by atoms with Crippen LogP contribution in [0.4, 0.5) is 0 Å². The van der Waals surface area contributed by atoms with E-state index < -0.39 is 6.10 Å².